The lowest BCUT2D eigenvalue weighted by Gasteiger charge is -2.03. The van der Waals surface area contributed by atoms with Crippen LogP contribution in [0.2, 0.25) is 0 Å². The molecule has 0 bridgehead atoms. The van der Waals surface area contributed by atoms with Gasteiger partial charge in [0, 0.05) is 19.2 Å². The second-order valence-electron chi connectivity index (χ2n) is 4.79. The number of hydrogen-bond acceptors (Lipinski definition) is 4. The maximum atomic E-state index is 11.7. The summed E-state index contributed by atoms with van der Waals surface area (Å²) < 4.78 is 7.43. The predicted octanol–water partition coefficient (Wildman–Crippen LogP) is 3.88. The molecule has 1 heterocycles. The first-order valence-corrected chi connectivity index (χ1v) is 7.98. The SMILES string of the molecule is C=CCn1c(C)c(C(C)=O)sc1=Nc1ccc(OCC)cc1. The number of nitrogens with zero attached hydrogens (tertiary/aromatic N) is 2. The molecule has 116 valence electrons. The summed E-state index contributed by atoms with van der Waals surface area (Å²) >= 11 is 1.41. The van der Waals surface area contributed by atoms with Gasteiger partial charge in [-0.2, -0.15) is 0 Å². The maximum Gasteiger partial charge on any atom is 0.191 e. The molecule has 2 aromatic rings. The van der Waals surface area contributed by atoms with Crippen LogP contribution in [0.15, 0.2) is 41.9 Å². The van der Waals surface area contributed by atoms with E-state index in [1.54, 1.807) is 13.0 Å². The van der Waals surface area contributed by atoms with Gasteiger partial charge in [-0.05, 0) is 38.1 Å². The Morgan fingerprint density at radius 3 is 2.64 bits per heavy atom. The molecule has 0 saturated heterocycles. The van der Waals surface area contributed by atoms with Gasteiger partial charge in [0.2, 0.25) is 0 Å². The van der Waals surface area contributed by atoms with Crippen LogP contribution in [0, 0.1) is 6.92 Å². The van der Waals surface area contributed by atoms with Crippen molar-refractivity contribution in [2.24, 2.45) is 4.99 Å². The van der Waals surface area contributed by atoms with Gasteiger partial charge in [0.25, 0.3) is 0 Å². The average molecular weight is 316 g/mol. The Morgan fingerprint density at radius 1 is 1.41 bits per heavy atom. The van der Waals surface area contributed by atoms with E-state index in [-0.39, 0.29) is 5.78 Å². The van der Waals surface area contributed by atoms with Crippen molar-refractivity contribution in [1.29, 1.82) is 0 Å². The summed E-state index contributed by atoms with van der Waals surface area (Å²) in [6.07, 6.45) is 1.81. The zero-order valence-corrected chi connectivity index (χ0v) is 13.9. The highest BCUT2D eigenvalue weighted by Gasteiger charge is 2.12. The minimum Gasteiger partial charge on any atom is -0.494 e. The highest BCUT2D eigenvalue weighted by Crippen LogP contribution is 2.19. The molecular formula is C17H20N2O2S. The van der Waals surface area contributed by atoms with Gasteiger partial charge < -0.3 is 9.30 Å². The molecule has 4 nitrogen and oxygen atoms in total. The van der Waals surface area contributed by atoms with Gasteiger partial charge in [-0.1, -0.05) is 17.4 Å². The van der Waals surface area contributed by atoms with Crippen molar-refractivity contribution in [2.45, 2.75) is 27.3 Å². The summed E-state index contributed by atoms with van der Waals surface area (Å²) in [6, 6.07) is 7.61. The van der Waals surface area contributed by atoms with Gasteiger partial charge >= 0.3 is 0 Å². The van der Waals surface area contributed by atoms with E-state index in [1.807, 2.05) is 42.7 Å². The molecule has 0 radical (unpaired) electrons. The second kappa shape index (κ2) is 7.22. The molecule has 0 fully saturated rings. The van der Waals surface area contributed by atoms with Gasteiger partial charge in [-0.15, -0.1) is 6.58 Å². The standard InChI is InChI=1S/C17H20N2O2S/c1-5-11-19-12(3)16(13(4)20)22-17(19)18-14-7-9-15(10-8-14)21-6-2/h5,7-10H,1,6,11H2,2-4H3. The molecule has 0 aliphatic heterocycles. The number of hydrogen-bond donors (Lipinski definition) is 0. The van der Waals surface area contributed by atoms with Crippen molar-refractivity contribution in [1.82, 2.24) is 4.57 Å². The summed E-state index contributed by atoms with van der Waals surface area (Å²) in [5.41, 5.74) is 1.76. The molecule has 1 aromatic carbocycles. The number of benzene rings is 1. The van der Waals surface area contributed by atoms with E-state index in [2.05, 4.69) is 11.6 Å². The Labute approximate surface area is 134 Å². The third-order valence-electron chi connectivity index (χ3n) is 3.16. The van der Waals surface area contributed by atoms with Crippen molar-refractivity contribution in [3.63, 3.8) is 0 Å². The second-order valence-corrected chi connectivity index (χ2v) is 5.77. The molecule has 22 heavy (non-hydrogen) atoms. The van der Waals surface area contributed by atoms with Crippen molar-refractivity contribution < 1.29 is 9.53 Å². The van der Waals surface area contributed by atoms with Crippen LogP contribution in [-0.4, -0.2) is 17.0 Å². The zero-order chi connectivity index (χ0) is 16.1. The summed E-state index contributed by atoms with van der Waals surface area (Å²) in [5.74, 6) is 0.889. The van der Waals surface area contributed by atoms with Crippen molar-refractivity contribution in [3.8, 4) is 5.75 Å². The minimum absolute atomic E-state index is 0.0634. The van der Waals surface area contributed by atoms with E-state index < -0.39 is 0 Å². The molecule has 0 N–H and O–H groups in total. The molecule has 0 aliphatic carbocycles. The van der Waals surface area contributed by atoms with E-state index >= 15 is 0 Å². The van der Waals surface area contributed by atoms with Crippen molar-refractivity contribution in [3.05, 3.63) is 52.3 Å². The van der Waals surface area contributed by atoms with Crippen molar-refractivity contribution >= 4 is 22.8 Å². The fourth-order valence-electron chi connectivity index (χ4n) is 2.13. The predicted molar refractivity (Wildman–Crippen MR) is 90.1 cm³/mol. The van der Waals surface area contributed by atoms with Gasteiger partial charge in [0.1, 0.15) is 5.75 Å². The molecule has 2 rings (SSSR count). The Bertz CT molecular complexity index is 739. The number of ether oxygens (including phenoxy) is 1. The van der Waals surface area contributed by atoms with Crippen LogP contribution < -0.4 is 9.54 Å². The maximum absolute atomic E-state index is 11.7. The van der Waals surface area contributed by atoms with Crippen molar-refractivity contribution in [2.75, 3.05) is 6.61 Å². The summed E-state index contributed by atoms with van der Waals surface area (Å²) in [6.45, 7) is 10.5. The summed E-state index contributed by atoms with van der Waals surface area (Å²) in [5, 5.41) is 0. The van der Waals surface area contributed by atoms with Gasteiger partial charge in [0.05, 0.1) is 17.2 Å². The molecule has 0 spiro atoms. The van der Waals surface area contributed by atoms with Crippen LogP contribution in [0.4, 0.5) is 5.69 Å². The largest absolute Gasteiger partial charge is 0.494 e. The lowest BCUT2D eigenvalue weighted by Crippen LogP contribution is -2.15. The normalized spacial score (nSPS) is 11.5. The van der Waals surface area contributed by atoms with Crippen LogP contribution in [0.3, 0.4) is 0 Å². The summed E-state index contributed by atoms with van der Waals surface area (Å²) in [7, 11) is 0. The number of thiazole rings is 1. The highest BCUT2D eigenvalue weighted by atomic mass is 32.1. The highest BCUT2D eigenvalue weighted by molar-refractivity contribution is 7.11. The molecular weight excluding hydrogens is 296 g/mol. The average Bonchev–Trinajstić information content (AvgIpc) is 2.79. The third kappa shape index (κ3) is 3.54. The smallest absolute Gasteiger partial charge is 0.191 e. The quantitative estimate of drug-likeness (QED) is 0.599. The van der Waals surface area contributed by atoms with Gasteiger partial charge in [0.15, 0.2) is 10.6 Å². The van der Waals surface area contributed by atoms with E-state index in [1.165, 1.54) is 11.3 Å². The lowest BCUT2D eigenvalue weighted by molar-refractivity contribution is 0.102. The molecule has 5 heteroatoms. The summed E-state index contributed by atoms with van der Waals surface area (Å²) in [4.78, 5) is 17.9. The molecule has 0 aliphatic rings. The van der Waals surface area contributed by atoms with Crippen LogP contribution in [0.25, 0.3) is 0 Å². The molecule has 0 amide bonds. The Balaban J connectivity index is 2.47. The number of carbonyl (C=O) groups excluding carboxylic acids is 1. The van der Waals surface area contributed by atoms with Crippen LogP contribution in [0.1, 0.15) is 29.2 Å². The first kappa shape index (κ1) is 16.2. The number of Topliss-reactive ketones (excluding diaryl/α,β-unsaturated/α-hetero) is 1. The first-order valence-electron chi connectivity index (χ1n) is 7.16. The number of carbonyl (C=O) groups is 1. The van der Waals surface area contributed by atoms with E-state index in [4.69, 9.17) is 4.74 Å². The molecule has 1 aromatic heterocycles. The number of ketones is 1. The molecule has 0 atom stereocenters. The Morgan fingerprint density at radius 2 is 2.09 bits per heavy atom. The Hall–Kier alpha value is -2.14. The fourth-order valence-corrected chi connectivity index (χ4v) is 3.19. The monoisotopic (exact) mass is 316 g/mol. The van der Waals surface area contributed by atoms with Crippen LogP contribution >= 0.6 is 11.3 Å². The Kier molecular flexibility index (Phi) is 5.33. The first-order chi connectivity index (χ1) is 10.6. The van der Waals surface area contributed by atoms with E-state index in [0.717, 1.165) is 26.8 Å². The number of aromatic nitrogens is 1. The zero-order valence-electron chi connectivity index (χ0n) is 13.1. The van der Waals surface area contributed by atoms with Gasteiger partial charge in [-0.3, -0.25) is 4.79 Å². The fraction of sp³-hybridized carbons (Fsp3) is 0.294. The molecule has 0 saturated carbocycles. The lowest BCUT2D eigenvalue weighted by atomic mass is 10.3. The van der Waals surface area contributed by atoms with Crippen LogP contribution in [-0.2, 0) is 6.54 Å². The number of rotatable bonds is 6. The topological polar surface area (TPSA) is 43.6 Å². The van der Waals surface area contributed by atoms with E-state index in [9.17, 15) is 4.79 Å². The van der Waals surface area contributed by atoms with Gasteiger partial charge in [-0.25, -0.2) is 4.99 Å². The van der Waals surface area contributed by atoms with Crippen LogP contribution in [0.5, 0.6) is 5.75 Å². The molecule has 0 unspecified atom stereocenters. The third-order valence-corrected chi connectivity index (χ3v) is 4.44. The number of allylic oxidation sites excluding steroid dienone is 1. The minimum atomic E-state index is 0.0634. The van der Waals surface area contributed by atoms with E-state index in [0.29, 0.717) is 13.2 Å².